The zero-order valence-corrected chi connectivity index (χ0v) is 23.3. The molecule has 3 aliphatic heterocycles. The normalized spacial score (nSPS) is 20.5. The summed E-state index contributed by atoms with van der Waals surface area (Å²) in [5, 5.41) is 6.92. The van der Waals surface area contributed by atoms with Crippen LogP contribution in [0.4, 0.5) is 0 Å². The summed E-state index contributed by atoms with van der Waals surface area (Å²) in [7, 11) is 0. The standard InChI is InChI=1S/C35H42N4/c1-5-38-24-34(36-25-38)31-18-12-15-29(22-31)14-10-8-6-7-9-11-16-30-17-13-19-32-28(4)39(23-33(30)32)35-21-20-26(2)37-27(35)3/h5,12-13,15,17-19,22,34-37H,1-4,6-10,14,20-21,23-25H2. The van der Waals surface area contributed by atoms with Gasteiger partial charge >= 0.3 is 0 Å². The molecule has 5 rings (SSSR count). The molecule has 2 N–H and O–H groups in total. The molecular formula is C35H42N4. The van der Waals surface area contributed by atoms with Gasteiger partial charge in [-0.25, -0.2) is 0 Å². The van der Waals surface area contributed by atoms with Gasteiger partial charge in [-0.2, -0.15) is 0 Å². The maximum atomic E-state index is 4.42. The van der Waals surface area contributed by atoms with Gasteiger partial charge in [-0.3, -0.25) is 5.32 Å². The third-order valence-corrected chi connectivity index (χ3v) is 8.31. The summed E-state index contributed by atoms with van der Waals surface area (Å²) in [6, 6.07) is 16.2. The summed E-state index contributed by atoms with van der Waals surface area (Å²) >= 11 is 0. The van der Waals surface area contributed by atoms with E-state index in [1.54, 1.807) is 0 Å². The number of piperidine rings is 1. The van der Waals surface area contributed by atoms with Crippen LogP contribution in [0.3, 0.4) is 0 Å². The van der Waals surface area contributed by atoms with Crippen LogP contribution >= 0.6 is 0 Å². The van der Waals surface area contributed by atoms with Crippen LogP contribution in [-0.4, -0.2) is 29.1 Å². The minimum Gasteiger partial charge on any atom is -0.363 e. The largest absolute Gasteiger partial charge is 0.363 e. The van der Waals surface area contributed by atoms with E-state index in [1.165, 1.54) is 41.5 Å². The highest BCUT2D eigenvalue weighted by Gasteiger charge is 2.32. The van der Waals surface area contributed by atoms with Crippen molar-refractivity contribution in [1.29, 1.82) is 0 Å². The SMILES string of the molecule is C=CN1CNC(c2cccc(CCCCCCC#Cc3cccc4c3CN(C3CCC(=C)NC3=C)C4=C)c2)C1. The monoisotopic (exact) mass is 518 g/mol. The molecule has 0 saturated carbocycles. The van der Waals surface area contributed by atoms with E-state index < -0.39 is 0 Å². The third-order valence-electron chi connectivity index (χ3n) is 8.31. The van der Waals surface area contributed by atoms with E-state index in [0.29, 0.717) is 6.04 Å². The lowest BCUT2D eigenvalue weighted by atomic mass is 10.00. The van der Waals surface area contributed by atoms with Gasteiger partial charge in [0.1, 0.15) is 0 Å². The highest BCUT2D eigenvalue weighted by Crippen LogP contribution is 2.38. The van der Waals surface area contributed by atoms with Gasteiger partial charge in [0.15, 0.2) is 0 Å². The van der Waals surface area contributed by atoms with Crippen molar-refractivity contribution in [3.63, 3.8) is 0 Å². The number of hydrogen-bond donors (Lipinski definition) is 2. The molecule has 39 heavy (non-hydrogen) atoms. The van der Waals surface area contributed by atoms with E-state index in [0.717, 1.165) is 74.5 Å². The number of unbranched alkanes of at least 4 members (excludes halogenated alkanes) is 4. The van der Waals surface area contributed by atoms with Crippen molar-refractivity contribution < 1.29 is 0 Å². The first-order valence-corrected chi connectivity index (χ1v) is 14.4. The molecule has 3 aliphatic rings. The maximum absolute atomic E-state index is 4.42. The number of nitrogens with one attached hydrogen (secondary N) is 2. The number of allylic oxidation sites excluding steroid dienone is 1. The lowest BCUT2D eigenvalue weighted by Crippen LogP contribution is -2.39. The van der Waals surface area contributed by atoms with Crippen LogP contribution < -0.4 is 10.6 Å². The Kier molecular flexibility index (Phi) is 8.59. The van der Waals surface area contributed by atoms with E-state index in [2.05, 4.69) is 101 Å². The van der Waals surface area contributed by atoms with Crippen LogP contribution in [0.25, 0.3) is 5.70 Å². The van der Waals surface area contributed by atoms with Crippen molar-refractivity contribution in [1.82, 2.24) is 20.4 Å². The second kappa shape index (κ2) is 12.5. The summed E-state index contributed by atoms with van der Waals surface area (Å²) in [5.74, 6) is 6.93. The highest BCUT2D eigenvalue weighted by atomic mass is 15.3. The highest BCUT2D eigenvalue weighted by molar-refractivity contribution is 5.72. The Morgan fingerprint density at radius 3 is 2.69 bits per heavy atom. The van der Waals surface area contributed by atoms with Gasteiger partial charge < -0.3 is 15.1 Å². The van der Waals surface area contributed by atoms with Crippen molar-refractivity contribution >= 4 is 5.70 Å². The number of fused-ring (bicyclic) bond motifs is 1. The molecule has 0 amide bonds. The smallest absolute Gasteiger partial charge is 0.0693 e. The molecule has 0 spiro atoms. The minimum absolute atomic E-state index is 0.251. The van der Waals surface area contributed by atoms with E-state index in [4.69, 9.17) is 0 Å². The number of benzene rings is 2. The fraction of sp³-hybridized carbons (Fsp3) is 0.371. The Morgan fingerprint density at radius 2 is 1.87 bits per heavy atom. The van der Waals surface area contributed by atoms with Crippen LogP contribution in [0.15, 0.2) is 86.4 Å². The number of rotatable bonds is 9. The Hall–Kier alpha value is -3.68. The summed E-state index contributed by atoms with van der Waals surface area (Å²) in [5.41, 5.74) is 9.66. The van der Waals surface area contributed by atoms with Gasteiger partial charge in [-0.15, -0.1) is 0 Å². The van der Waals surface area contributed by atoms with E-state index >= 15 is 0 Å². The quantitative estimate of drug-likeness (QED) is 0.281. The third kappa shape index (κ3) is 6.32. The summed E-state index contributed by atoms with van der Waals surface area (Å²) in [4.78, 5) is 4.61. The molecule has 4 heteroatoms. The Bertz CT molecular complexity index is 1310. The molecule has 2 saturated heterocycles. The molecule has 2 unspecified atom stereocenters. The van der Waals surface area contributed by atoms with Gasteiger partial charge in [0.25, 0.3) is 0 Å². The van der Waals surface area contributed by atoms with Crippen molar-refractivity contribution in [2.24, 2.45) is 0 Å². The number of nitrogens with zero attached hydrogens (tertiary/aromatic N) is 2. The minimum atomic E-state index is 0.251. The van der Waals surface area contributed by atoms with Gasteiger partial charge in [-0.05, 0) is 61.1 Å². The maximum Gasteiger partial charge on any atom is 0.0693 e. The van der Waals surface area contributed by atoms with Crippen LogP contribution in [0.2, 0.25) is 0 Å². The Labute approximate surface area is 235 Å². The second-order valence-corrected chi connectivity index (χ2v) is 11.0. The van der Waals surface area contributed by atoms with E-state index in [-0.39, 0.29) is 6.04 Å². The molecule has 2 aromatic carbocycles. The molecule has 2 fully saturated rings. The van der Waals surface area contributed by atoms with Crippen molar-refractivity contribution in [3.8, 4) is 11.8 Å². The predicted octanol–water partition coefficient (Wildman–Crippen LogP) is 6.84. The van der Waals surface area contributed by atoms with Gasteiger partial charge in [0, 0.05) is 47.7 Å². The predicted molar refractivity (Wildman–Crippen MR) is 163 cm³/mol. The van der Waals surface area contributed by atoms with Crippen molar-refractivity contribution in [2.45, 2.75) is 70.0 Å². The molecule has 202 valence electrons. The molecule has 0 aromatic heterocycles. The first-order chi connectivity index (χ1) is 19.0. The van der Waals surface area contributed by atoms with Crippen LogP contribution in [0, 0.1) is 11.8 Å². The fourth-order valence-electron chi connectivity index (χ4n) is 6.04. The molecule has 0 bridgehead atoms. The molecule has 2 aromatic rings. The van der Waals surface area contributed by atoms with Crippen LogP contribution in [0.5, 0.6) is 0 Å². The molecule has 2 atom stereocenters. The molecular weight excluding hydrogens is 476 g/mol. The first kappa shape index (κ1) is 26.9. The molecule has 4 nitrogen and oxygen atoms in total. The van der Waals surface area contributed by atoms with E-state index in [1.807, 2.05) is 6.20 Å². The summed E-state index contributed by atoms with van der Waals surface area (Å²) in [6.07, 6.45) is 10.9. The Balaban J connectivity index is 1.06. The average molecular weight is 519 g/mol. The van der Waals surface area contributed by atoms with Gasteiger partial charge in [0.2, 0.25) is 0 Å². The zero-order valence-electron chi connectivity index (χ0n) is 23.3. The van der Waals surface area contributed by atoms with Crippen molar-refractivity contribution in [2.75, 3.05) is 13.2 Å². The van der Waals surface area contributed by atoms with Crippen molar-refractivity contribution in [3.05, 3.63) is 114 Å². The van der Waals surface area contributed by atoms with Gasteiger partial charge in [-0.1, -0.05) is 87.4 Å². The number of aryl methyl sites for hydroxylation is 1. The second-order valence-electron chi connectivity index (χ2n) is 11.0. The average Bonchev–Trinajstić information content (AvgIpc) is 3.56. The lowest BCUT2D eigenvalue weighted by molar-refractivity contribution is 0.297. The molecule has 0 radical (unpaired) electrons. The lowest BCUT2D eigenvalue weighted by Gasteiger charge is -2.36. The van der Waals surface area contributed by atoms with Gasteiger partial charge in [0.05, 0.1) is 18.8 Å². The Morgan fingerprint density at radius 1 is 1.03 bits per heavy atom. The topological polar surface area (TPSA) is 30.5 Å². The van der Waals surface area contributed by atoms with Crippen LogP contribution in [0.1, 0.15) is 78.8 Å². The molecule has 3 heterocycles. The zero-order chi connectivity index (χ0) is 27.2. The van der Waals surface area contributed by atoms with Crippen LogP contribution in [-0.2, 0) is 13.0 Å². The molecule has 0 aliphatic carbocycles. The van der Waals surface area contributed by atoms with E-state index in [9.17, 15) is 0 Å². The fourth-order valence-corrected chi connectivity index (χ4v) is 6.04. The summed E-state index contributed by atoms with van der Waals surface area (Å²) < 4.78 is 0. The summed E-state index contributed by atoms with van der Waals surface area (Å²) in [6.45, 7) is 19.3. The first-order valence-electron chi connectivity index (χ1n) is 14.4. The number of hydrogen-bond acceptors (Lipinski definition) is 4.